The molecule has 0 atom stereocenters. The van der Waals surface area contributed by atoms with Crippen molar-refractivity contribution < 1.29 is 9.90 Å². The van der Waals surface area contributed by atoms with Crippen LogP contribution in [0, 0.1) is 5.92 Å². The molecule has 0 bridgehead atoms. The zero-order valence-electron chi connectivity index (χ0n) is 10.9. The first-order valence-corrected chi connectivity index (χ1v) is 7.17. The quantitative estimate of drug-likeness (QED) is 0.862. The molecule has 1 aliphatic rings. The summed E-state index contributed by atoms with van der Waals surface area (Å²) in [6, 6.07) is 1.49. The second-order valence-electron chi connectivity index (χ2n) is 5.07. The highest BCUT2D eigenvalue weighted by Crippen LogP contribution is 2.26. The molecule has 5 heteroatoms. The van der Waals surface area contributed by atoms with Gasteiger partial charge >= 0.3 is 5.97 Å². The van der Waals surface area contributed by atoms with Crippen LogP contribution in [0.2, 0.25) is 5.02 Å². The third-order valence-corrected chi connectivity index (χ3v) is 3.97. The maximum Gasteiger partial charge on any atom is 0.337 e. The summed E-state index contributed by atoms with van der Waals surface area (Å²) < 4.78 is 0. The summed E-state index contributed by atoms with van der Waals surface area (Å²) in [6.07, 6.45) is 9.18. The maximum absolute atomic E-state index is 11.0. The zero-order chi connectivity index (χ0) is 13.7. The number of hydrogen-bond donors (Lipinski definition) is 2. The number of halogens is 1. The van der Waals surface area contributed by atoms with Crippen molar-refractivity contribution in [2.75, 3.05) is 11.9 Å². The first-order chi connectivity index (χ1) is 9.16. The Labute approximate surface area is 118 Å². The molecule has 0 amide bonds. The summed E-state index contributed by atoms with van der Waals surface area (Å²) in [5.74, 6) is 0.354. The molecule has 0 radical (unpaired) electrons. The summed E-state index contributed by atoms with van der Waals surface area (Å²) in [5, 5.41) is 12.3. The molecule has 1 aromatic heterocycles. The van der Waals surface area contributed by atoms with Crippen LogP contribution in [0.25, 0.3) is 0 Å². The summed E-state index contributed by atoms with van der Waals surface area (Å²) in [6.45, 7) is 0.832. The largest absolute Gasteiger partial charge is 0.478 e. The predicted molar refractivity (Wildman–Crippen MR) is 75.9 cm³/mol. The number of aromatic carboxylic acids is 1. The second-order valence-corrected chi connectivity index (χ2v) is 5.48. The number of carbonyl (C=O) groups is 1. The van der Waals surface area contributed by atoms with Crippen LogP contribution in [0.5, 0.6) is 0 Å². The first kappa shape index (κ1) is 14.1. The molecule has 19 heavy (non-hydrogen) atoms. The Bertz CT molecular complexity index is 445. The molecule has 0 aromatic carbocycles. The first-order valence-electron chi connectivity index (χ1n) is 6.79. The Kier molecular flexibility index (Phi) is 5.02. The van der Waals surface area contributed by atoms with Crippen molar-refractivity contribution in [3.63, 3.8) is 0 Å². The molecule has 1 aliphatic carbocycles. The van der Waals surface area contributed by atoms with E-state index in [1.54, 1.807) is 0 Å². The number of anilines is 1. The summed E-state index contributed by atoms with van der Waals surface area (Å²) in [5.41, 5.74) is 0.0943. The number of carboxylic acids is 1. The molecule has 0 saturated heterocycles. The van der Waals surface area contributed by atoms with Crippen molar-refractivity contribution in [3.05, 3.63) is 22.8 Å². The monoisotopic (exact) mass is 282 g/mol. The number of aromatic nitrogens is 1. The topological polar surface area (TPSA) is 62.2 Å². The van der Waals surface area contributed by atoms with Crippen LogP contribution < -0.4 is 5.32 Å². The minimum Gasteiger partial charge on any atom is -0.478 e. The SMILES string of the molecule is O=C(O)c1cc(NCCC2CCCCC2)ncc1Cl. The highest BCUT2D eigenvalue weighted by molar-refractivity contribution is 6.33. The molecule has 2 rings (SSSR count). The van der Waals surface area contributed by atoms with Gasteiger partial charge in [-0.15, -0.1) is 0 Å². The number of pyridine rings is 1. The van der Waals surface area contributed by atoms with Crippen molar-refractivity contribution in [1.82, 2.24) is 4.98 Å². The van der Waals surface area contributed by atoms with Gasteiger partial charge in [0, 0.05) is 12.7 Å². The molecule has 1 heterocycles. The second kappa shape index (κ2) is 6.75. The molecule has 104 valence electrons. The van der Waals surface area contributed by atoms with Crippen LogP contribution in [0.3, 0.4) is 0 Å². The van der Waals surface area contributed by atoms with E-state index in [-0.39, 0.29) is 10.6 Å². The molecule has 0 spiro atoms. The average Bonchev–Trinajstić information content (AvgIpc) is 2.41. The number of nitrogens with one attached hydrogen (secondary N) is 1. The molecule has 1 aromatic rings. The van der Waals surface area contributed by atoms with Crippen LogP contribution in [-0.4, -0.2) is 22.6 Å². The average molecular weight is 283 g/mol. The number of hydrogen-bond acceptors (Lipinski definition) is 3. The van der Waals surface area contributed by atoms with Gasteiger partial charge in [-0.1, -0.05) is 43.7 Å². The van der Waals surface area contributed by atoms with Gasteiger partial charge < -0.3 is 10.4 Å². The lowest BCUT2D eigenvalue weighted by Crippen LogP contribution is -2.13. The van der Waals surface area contributed by atoms with E-state index in [1.165, 1.54) is 44.4 Å². The fourth-order valence-electron chi connectivity index (χ4n) is 2.58. The Morgan fingerprint density at radius 1 is 1.42 bits per heavy atom. The van der Waals surface area contributed by atoms with Crippen molar-refractivity contribution >= 4 is 23.4 Å². The van der Waals surface area contributed by atoms with Gasteiger partial charge in [-0.05, 0) is 18.4 Å². The van der Waals surface area contributed by atoms with Gasteiger partial charge in [-0.25, -0.2) is 9.78 Å². The minimum absolute atomic E-state index is 0.0943. The lowest BCUT2D eigenvalue weighted by molar-refractivity contribution is 0.0697. The van der Waals surface area contributed by atoms with Gasteiger partial charge in [0.25, 0.3) is 0 Å². The summed E-state index contributed by atoms with van der Waals surface area (Å²) >= 11 is 5.78. The van der Waals surface area contributed by atoms with E-state index in [2.05, 4.69) is 10.3 Å². The van der Waals surface area contributed by atoms with Gasteiger partial charge in [0.1, 0.15) is 5.82 Å². The van der Waals surface area contributed by atoms with E-state index in [1.807, 2.05) is 0 Å². The molecule has 1 fully saturated rings. The Morgan fingerprint density at radius 3 is 2.84 bits per heavy atom. The fraction of sp³-hybridized carbons (Fsp3) is 0.571. The van der Waals surface area contributed by atoms with Gasteiger partial charge in [0.15, 0.2) is 0 Å². The third-order valence-electron chi connectivity index (χ3n) is 3.67. The molecule has 0 aliphatic heterocycles. The summed E-state index contributed by atoms with van der Waals surface area (Å²) in [4.78, 5) is 15.1. The number of carboxylic acid groups (broad SMARTS) is 1. The number of nitrogens with zero attached hydrogens (tertiary/aromatic N) is 1. The van der Waals surface area contributed by atoms with Crippen molar-refractivity contribution in [2.45, 2.75) is 38.5 Å². The highest BCUT2D eigenvalue weighted by atomic mass is 35.5. The van der Waals surface area contributed by atoms with Gasteiger partial charge in [-0.2, -0.15) is 0 Å². The van der Waals surface area contributed by atoms with Crippen molar-refractivity contribution in [3.8, 4) is 0 Å². The van der Waals surface area contributed by atoms with E-state index < -0.39 is 5.97 Å². The van der Waals surface area contributed by atoms with E-state index >= 15 is 0 Å². The summed E-state index contributed by atoms with van der Waals surface area (Å²) in [7, 11) is 0. The molecular weight excluding hydrogens is 264 g/mol. The Morgan fingerprint density at radius 2 is 2.16 bits per heavy atom. The van der Waals surface area contributed by atoms with Crippen LogP contribution in [0.15, 0.2) is 12.3 Å². The lowest BCUT2D eigenvalue weighted by atomic mass is 9.87. The van der Waals surface area contributed by atoms with Crippen LogP contribution in [-0.2, 0) is 0 Å². The van der Waals surface area contributed by atoms with Gasteiger partial charge in [-0.3, -0.25) is 0 Å². The Balaban J connectivity index is 1.85. The van der Waals surface area contributed by atoms with Crippen LogP contribution >= 0.6 is 11.6 Å². The van der Waals surface area contributed by atoms with E-state index in [0.717, 1.165) is 18.9 Å². The highest BCUT2D eigenvalue weighted by Gasteiger charge is 2.13. The Hall–Kier alpha value is -1.29. The maximum atomic E-state index is 11.0. The molecule has 2 N–H and O–H groups in total. The zero-order valence-corrected chi connectivity index (χ0v) is 11.6. The molecule has 1 saturated carbocycles. The molecule has 0 unspecified atom stereocenters. The van der Waals surface area contributed by atoms with Gasteiger partial charge in [0.05, 0.1) is 10.6 Å². The number of rotatable bonds is 5. The van der Waals surface area contributed by atoms with E-state index in [9.17, 15) is 4.79 Å². The normalized spacial score (nSPS) is 16.3. The predicted octanol–water partition coefficient (Wildman–Crippen LogP) is 3.82. The van der Waals surface area contributed by atoms with Crippen molar-refractivity contribution in [1.29, 1.82) is 0 Å². The molecule has 4 nitrogen and oxygen atoms in total. The van der Waals surface area contributed by atoms with Gasteiger partial charge in [0.2, 0.25) is 0 Å². The minimum atomic E-state index is -1.03. The third kappa shape index (κ3) is 4.10. The van der Waals surface area contributed by atoms with Crippen LogP contribution in [0.4, 0.5) is 5.82 Å². The smallest absolute Gasteiger partial charge is 0.337 e. The van der Waals surface area contributed by atoms with Crippen molar-refractivity contribution in [2.24, 2.45) is 5.92 Å². The van der Waals surface area contributed by atoms with E-state index in [0.29, 0.717) is 5.82 Å². The van der Waals surface area contributed by atoms with Crippen LogP contribution in [0.1, 0.15) is 48.9 Å². The lowest BCUT2D eigenvalue weighted by Gasteiger charge is -2.21. The standard InChI is InChI=1S/C14H19ClN2O2/c15-12-9-17-13(8-11(12)14(18)19)16-7-6-10-4-2-1-3-5-10/h8-10H,1-7H2,(H,16,17)(H,18,19). The van der Waals surface area contributed by atoms with E-state index in [4.69, 9.17) is 16.7 Å². The molecular formula is C14H19ClN2O2. The fourth-order valence-corrected chi connectivity index (χ4v) is 2.76.